The zero-order chi connectivity index (χ0) is 17.4. The number of benzene rings is 2. The molecule has 0 bridgehead atoms. The van der Waals surface area contributed by atoms with E-state index in [4.69, 9.17) is 0 Å². The first-order chi connectivity index (χ1) is 12.2. The van der Waals surface area contributed by atoms with E-state index < -0.39 is 0 Å². The lowest BCUT2D eigenvalue weighted by Gasteiger charge is -2.22. The number of fused-ring (bicyclic) bond motifs is 1. The Bertz CT molecular complexity index is 927. The molecule has 1 fully saturated rings. The van der Waals surface area contributed by atoms with Crippen LogP contribution >= 0.6 is 0 Å². The number of hydrogen-bond acceptors (Lipinski definition) is 1. The summed E-state index contributed by atoms with van der Waals surface area (Å²) >= 11 is 0. The second kappa shape index (κ2) is 6.36. The van der Waals surface area contributed by atoms with Gasteiger partial charge in [0.05, 0.1) is 0 Å². The SMILES string of the molecule is CCN(Cc1cc(F)ccc1-c1c[nH]c2ccccc12)C(=O)C1CC1. The van der Waals surface area contributed by atoms with Crippen LogP contribution in [0.3, 0.4) is 0 Å². The van der Waals surface area contributed by atoms with Crippen LogP contribution in [0.1, 0.15) is 25.3 Å². The van der Waals surface area contributed by atoms with Crippen molar-refractivity contribution >= 4 is 16.8 Å². The maximum absolute atomic E-state index is 13.9. The van der Waals surface area contributed by atoms with Crippen LogP contribution in [0, 0.1) is 11.7 Å². The number of carbonyl (C=O) groups excluding carboxylic acids is 1. The molecular formula is C21H21FN2O. The summed E-state index contributed by atoms with van der Waals surface area (Å²) in [7, 11) is 0. The predicted octanol–water partition coefficient (Wildman–Crippen LogP) is 4.73. The van der Waals surface area contributed by atoms with Crippen molar-refractivity contribution in [3.8, 4) is 11.1 Å². The number of rotatable bonds is 5. The minimum Gasteiger partial charge on any atom is -0.361 e. The van der Waals surface area contributed by atoms with Crippen molar-refractivity contribution in [3.63, 3.8) is 0 Å². The monoisotopic (exact) mass is 336 g/mol. The van der Waals surface area contributed by atoms with Gasteiger partial charge >= 0.3 is 0 Å². The third kappa shape index (κ3) is 3.04. The van der Waals surface area contributed by atoms with Gasteiger partial charge in [-0.15, -0.1) is 0 Å². The van der Waals surface area contributed by atoms with Crippen molar-refractivity contribution < 1.29 is 9.18 Å². The summed E-state index contributed by atoms with van der Waals surface area (Å²) in [6.45, 7) is 3.06. The number of hydrogen-bond donors (Lipinski definition) is 1. The molecular weight excluding hydrogens is 315 g/mol. The zero-order valence-electron chi connectivity index (χ0n) is 14.3. The lowest BCUT2D eigenvalue weighted by Crippen LogP contribution is -2.31. The van der Waals surface area contributed by atoms with E-state index in [0.717, 1.165) is 40.4 Å². The lowest BCUT2D eigenvalue weighted by molar-refractivity contribution is -0.132. The molecule has 3 nitrogen and oxygen atoms in total. The first-order valence-electron chi connectivity index (χ1n) is 8.81. The summed E-state index contributed by atoms with van der Waals surface area (Å²) in [4.78, 5) is 17.6. The maximum Gasteiger partial charge on any atom is 0.225 e. The highest BCUT2D eigenvalue weighted by molar-refractivity contribution is 5.96. The second-order valence-corrected chi connectivity index (χ2v) is 6.68. The van der Waals surface area contributed by atoms with Crippen molar-refractivity contribution in [3.05, 3.63) is 60.0 Å². The summed E-state index contributed by atoms with van der Waals surface area (Å²) in [6, 6.07) is 12.9. The number of para-hydroxylation sites is 1. The normalized spacial score (nSPS) is 14.0. The second-order valence-electron chi connectivity index (χ2n) is 6.68. The van der Waals surface area contributed by atoms with E-state index in [9.17, 15) is 9.18 Å². The zero-order valence-corrected chi connectivity index (χ0v) is 14.3. The highest BCUT2D eigenvalue weighted by atomic mass is 19.1. The molecule has 0 unspecified atom stereocenters. The van der Waals surface area contributed by atoms with Gasteiger partial charge in [0.1, 0.15) is 5.82 Å². The quantitative estimate of drug-likeness (QED) is 0.718. The summed E-state index contributed by atoms with van der Waals surface area (Å²) in [6.07, 6.45) is 3.92. The summed E-state index contributed by atoms with van der Waals surface area (Å²) in [5, 5.41) is 1.10. The Labute approximate surface area is 146 Å². The van der Waals surface area contributed by atoms with Crippen molar-refractivity contribution in [2.24, 2.45) is 5.92 Å². The third-order valence-corrected chi connectivity index (χ3v) is 4.93. The maximum atomic E-state index is 13.9. The molecule has 1 aromatic heterocycles. The van der Waals surface area contributed by atoms with Gasteiger partial charge < -0.3 is 9.88 Å². The molecule has 0 atom stereocenters. The number of H-pyrrole nitrogens is 1. The fourth-order valence-electron chi connectivity index (χ4n) is 3.39. The summed E-state index contributed by atoms with van der Waals surface area (Å²) in [5.41, 5.74) is 3.91. The van der Waals surface area contributed by atoms with E-state index in [0.29, 0.717) is 13.1 Å². The van der Waals surface area contributed by atoms with E-state index in [1.54, 1.807) is 6.07 Å². The summed E-state index contributed by atoms with van der Waals surface area (Å²) in [5.74, 6) is 0.0928. The van der Waals surface area contributed by atoms with Crippen molar-refractivity contribution in [2.75, 3.05) is 6.54 Å². The number of aromatic nitrogens is 1. The van der Waals surface area contributed by atoms with Crippen LogP contribution in [0.4, 0.5) is 4.39 Å². The van der Waals surface area contributed by atoms with Gasteiger partial charge in [0.2, 0.25) is 5.91 Å². The van der Waals surface area contributed by atoms with Crippen LogP contribution in [-0.4, -0.2) is 22.3 Å². The van der Waals surface area contributed by atoms with Crippen molar-refractivity contribution in [2.45, 2.75) is 26.3 Å². The highest BCUT2D eigenvalue weighted by Crippen LogP contribution is 2.34. The van der Waals surface area contributed by atoms with Gasteiger partial charge in [-0.25, -0.2) is 4.39 Å². The van der Waals surface area contributed by atoms with Gasteiger partial charge in [-0.1, -0.05) is 24.3 Å². The number of aromatic amines is 1. The van der Waals surface area contributed by atoms with Gasteiger partial charge in [-0.2, -0.15) is 0 Å². The smallest absolute Gasteiger partial charge is 0.225 e. The Morgan fingerprint density at radius 3 is 2.76 bits per heavy atom. The molecule has 2 aromatic carbocycles. The minimum absolute atomic E-state index is 0.171. The summed E-state index contributed by atoms with van der Waals surface area (Å²) < 4.78 is 13.9. The van der Waals surface area contributed by atoms with E-state index in [2.05, 4.69) is 11.1 Å². The predicted molar refractivity (Wildman–Crippen MR) is 97.5 cm³/mol. The molecule has 0 saturated heterocycles. The Kier molecular flexibility index (Phi) is 4.04. The number of amides is 1. The molecule has 4 rings (SSSR count). The average molecular weight is 336 g/mol. The molecule has 4 heteroatoms. The van der Waals surface area contributed by atoms with E-state index in [-0.39, 0.29) is 17.6 Å². The fraction of sp³-hybridized carbons (Fsp3) is 0.286. The van der Waals surface area contributed by atoms with Gasteiger partial charge in [0.15, 0.2) is 0 Å². The molecule has 1 aliphatic carbocycles. The van der Waals surface area contributed by atoms with Gasteiger partial charge in [-0.05, 0) is 49.1 Å². The number of halogens is 1. The van der Waals surface area contributed by atoms with Gasteiger partial charge in [0.25, 0.3) is 0 Å². The van der Waals surface area contributed by atoms with Crippen molar-refractivity contribution in [1.82, 2.24) is 9.88 Å². The molecule has 3 aromatic rings. The highest BCUT2D eigenvalue weighted by Gasteiger charge is 2.33. The van der Waals surface area contributed by atoms with Gasteiger partial charge in [-0.3, -0.25) is 4.79 Å². The first kappa shape index (κ1) is 15.9. The Balaban J connectivity index is 1.75. The van der Waals surface area contributed by atoms with Crippen molar-refractivity contribution in [1.29, 1.82) is 0 Å². The van der Waals surface area contributed by atoms with E-state index in [1.807, 2.05) is 42.3 Å². The Morgan fingerprint density at radius 1 is 1.20 bits per heavy atom. The molecule has 128 valence electrons. The van der Waals surface area contributed by atoms with Gasteiger partial charge in [0, 0.05) is 41.7 Å². The number of nitrogens with zero attached hydrogens (tertiary/aromatic N) is 1. The lowest BCUT2D eigenvalue weighted by atomic mass is 9.98. The molecule has 0 aliphatic heterocycles. The standard InChI is InChI=1S/C21H21FN2O/c1-2-24(21(25)14-7-8-14)13-15-11-16(22)9-10-17(15)19-12-23-20-6-4-3-5-18(19)20/h3-6,9-12,14,23H,2,7-8,13H2,1H3. The van der Waals surface area contributed by atoms with Crippen LogP contribution in [0.15, 0.2) is 48.7 Å². The molecule has 1 aliphatic rings. The van der Waals surface area contributed by atoms with Crippen LogP contribution in [-0.2, 0) is 11.3 Å². The van der Waals surface area contributed by atoms with Crippen LogP contribution in [0.2, 0.25) is 0 Å². The first-order valence-corrected chi connectivity index (χ1v) is 8.81. The average Bonchev–Trinajstić information content (AvgIpc) is 3.39. The van der Waals surface area contributed by atoms with Crippen LogP contribution < -0.4 is 0 Å². The number of nitrogens with one attached hydrogen (secondary N) is 1. The molecule has 1 amide bonds. The van der Waals surface area contributed by atoms with E-state index in [1.165, 1.54) is 6.07 Å². The van der Waals surface area contributed by atoms with E-state index >= 15 is 0 Å². The van der Waals surface area contributed by atoms with Crippen LogP contribution in [0.25, 0.3) is 22.0 Å². The Morgan fingerprint density at radius 2 is 2.00 bits per heavy atom. The Hall–Kier alpha value is -2.62. The third-order valence-electron chi connectivity index (χ3n) is 4.93. The fourth-order valence-corrected chi connectivity index (χ4v) is 3.39. The van der Waals surface area contributed by atoms with Crippen LogP contribution in [0.5, 0.6) is 0 Å². The molecule has 25 heavy (non-hydrogen) atoms. The minimum atomic E-state index is -0.270. The molecule has 0 radical (unpaired) electrons. The molecule has 0 spiro atoms. The number of carbonyl (C=O) groups is 1. The molecule has 1 heterocycles. The topological polar surface area (TPSA) is 36.1 Å². The largest absolute Gasteiger partial charge is 0.361 e. The molecule has 1 saturated carbocycles. The molecule has 1 N–H and O–H groups in total.